The molecular formula is C26H28S4. The number of hydrogen-bond donors (Lipinski definition) is 1. The Hall–Kier alpha value is -0.940. The molecule has 0 N–H and O–H groups in total. The molecule has 156 valence electrons. The predicted molar refractivity (Wildman–Crippen MR) is 144 cm³/mol. The molecule has 0 radical (unpaired) electrons. The quantitative estimate of drug-likeness (QED) is 0.198. The Morgan fingerprint density at radius 3 is 2.37 bits per heavy atom. The molecule has 0 amide bonds. The Bertz CT molecular complexity index is 1210. The molecule has 1 aliphatic rings. The van der Waals surface area contributed by atoms with Crippen LogP contribution in [0.1, 0.15) is 63.9 Å². The summed E-state index contributed by atoms with van der Waals surface area (Å²) in [5, 5.41) is 3.57. The van der Waals surface area contributed by atoms with Gasteiger partial charge >= 0.3 is 0 Å². The summed E-state index contributed by atoms with van der Waals surface area (Å²) >= 11 is 10.5. The van der Waals surface area contributed by atoms with Crippen LogP contribution in [0.15, 0.2) is 47.4 Å². The molecule has 2 aromatic carbocycles. The maximum atomic E-state index is 4.51. The van der Waals surface area contributed by atoms with Gasteiger partial charge in [-0.3, -0.25) is 0 Å². The standard InChI is InChI=1S/C26H28S4/c1-2-3-4-5-6-7-8-19-11-14-22(28-19)17-9-12-20-23(15-17)29-26-21-13-10-18(27)16-24(21)30-25(20)26/h9-10,12-16,19,27H,2-8,11H2,1H3. The lowest BCUT2D eigenvalue weighted by molar-refractivity contribution is 0.583. The first-order chi connectivity index (χ1) is 14.7. The summed E-state index contributed by atoms with van der Waals surface area (Å²) in [6, 6.07) is 13.7. The highest BCUT2D eigenvalue weighted by molar-refractivity contribution is 8.09. The van der Waals surface area contributed by atoms with Gasteiger partial charge in [-0.2, -0.15) is 0 Å². The average molecular weight is 469 g/mol. The Morgan fingerprint density at radius 1 is 0.867 bits per heavy atom. The van der Waals surface area contributed by atoms with Gasteiger partial charge in [-0.15, -0.1) is 47.1 Å². The Balaban J connectivity index is 1.29. The fourth-order valence-electron chi connectivity index (χ4n) is 4.43. The number of thioether (sulfide) groups is 1. The fraction of sp³-hybridized carbons (Fsp3) is 0.385. The van der Waals surface area contributed by atoms with Crippen LogP contribution >= 0.6 is 47.1 Å². The highest BCUT2D eigenvalue weighted by Crippen LogP contribution is 2.47. The molecule has 1 unspecified atom stereocenters. The van der Waals surface area contributed by atoms with E-state index in [-0.39, 0.29) is 0 Å². The van der Waals surface area contributed by atoms with E-state index in [1.807, 2.05) is 22.7 Å². The summed E-state index contributed by atoms with van der Waals surface area (Å²) in [5.41, 5.74) is 1.41. The molecule has 0 aliphatic carbocycles. The summed E-state index contributed by atoms with van der Waals surface area (Å²) < 4.78 is 5.64. The van der Waals surface area contributed by atoms with Gasteiger partial charge < -0.3 is 0 Å². The molecule has 0 spiro atoms. The Morgan fingerprint density at radius 2 is 1.57 bits per heavy atom. The van der Waals surface area contributed by atoms with Crippen molar-refractivity contribution in [2.75, 3.05) is 0 Å². The zero-order chi connectivity index (χ0) is 20.5. The first kappa shape index (κ1) is 20.9. The van der Waals surface area contributed by atoms with Gasteiger partial charge in [0, 0.05) is 35.2 Å². The van der Waals surface area contributed by atoms with E-state index in [1.165, 1.54) is 91.4 Å². The van der Waals surface area contributed by atoms with E-state index in [0.717, 1.165) is 10.1 Å². The van der Waals surface area contributed by atoms with Crippen molar-refractivity contribution >= 4 is 81.5 Å². The molecule has 3 heterocycles. The summed E-state index contributed by atoms with van der Waals surface area (Å²) in [6.45, 7) is 2.29. The molecule has 0 saturated heterocycles. The van der Waals surface area contributed by atoms with Crippen LogP contribution in [0.4, 0.5) is 0 Å². The van der Waals surface area contributed by atoms with Gasteiger partial charge in [0.05, 0.1) is 9.40 Å². The molecule has 0 nitrogen and oxygen atoms in total. The fourth-order valence-corrected chi connectivity index (χ4v) is 8.74. The molecular weight excluding hydrogens is 441 g/mol. The van der Waals surface area contributed by atoms with Crippen molar-refractivity contribution in [3.05, 3.63) is 48.0 Å². The third kappa shape index (κ3) is 4.21. The number of thiol groups is 1. The lowest BCUT2D eigenvalue weighted by Crippen LogP contribution is -1.96. The largest absolute Gasteiger partial charge is 0.143 e. The highest BCUT2D eigenvalue weighted by Gasteiger charge is 2.20. The first-order valence-corrected chi connectivity index (χ1v) is 14.1. The summed E-state index contributed by atoms with van der Waals surface area (Å²) in [6.07, 6.45) is 13.5. The van der Waals surface area contributed by atoms with Crippen LogP contribution in [0.2, 0.25) is 0 Å². The van der Waals surface area contributed by atoms with E-state index in [0.29, 0.717) is 0 Å². The van der Waals surface area contributed by atoms with Gasteiger partial charge in [0.25, 0.3) is 0 Å². The number of benzene rings is 2. The Kier molecular flexibility index (Phi) is 6.47. The SMILES string of the molecule is CCCCCCCCC1CC=C(c2ccc3c(c2)sc2c4ccc(S)cc4sc32)S1. The number of hydrogen-bond acceptors (Lipinski definition) is 4. The molecule has 30 heavy (non-hydrogen) atoms. The highest BCUT2D eigenvalue weighted by atomic mass is 32.2. The second-order valence-corrected chi connectivity index (χ2v) is 12.3. The minimum absolute atomic E-state index is 0.785. The molecule has 1 aliphatic heterocycles. The second kappa shape index (κ2) is 9.28. The second-order valence-electron chi connectivity index (χ2n) is 8.35. The number of unbranched alkanes of at least 4 members (excludes halogenated alkanes) is 5. The minimum atomic E-state index is 0.785. The van der Waals surface area contributed by atoms with Crippen molar-refractivity contribution in [2.45, 2.75) is 68.4 Å². The Labute approximate surface area is 197 Å². The van der Waals surface area contributed by atoms with Gasteiger partial charge in [-0.1, -0.05) is 69.7 Å². The van der Waals surface area contributed by atoms with Gasteiger partial charge in [0.1, 0.15) is 0 Å². The van der Waals surface area contributed by atoms with E-state index in [9.17, 15) is 0 Å². The molecule has 0 saturated carbocycles. The summed E-state index contributed by atoms with van der Waals surface area (Å²) in [4.78, 5) is 2.54. The van der Waals surface area contributed by atoms with Crippen molar-refractivity contribution in [2.24, 2.45) is 0 Å². The van der Waals surface area contributed by atoms with Crippen LogP contribution in [0, 0.1) is 0 Å². The molecule has 2 aromatic heterocycles. The van der Waals surface area contributed by atoms with Crippen LogP contribution in [0.5, 0.6) is 0 Å². The molecule has 4 aromatic rings. The minimum Gasteiger partial charge on any atom is -0.143 e. The number of allylic oxidation sites excluding steroid dienone is 1. The van der Waals surface area contributed by atoms with Crippen LogP contribution < -0.4 is 0 Å². The van der Waals surface area contributed by atoms with E-state index < -0.39 is 0 Å². The van der Waals surface area contributed by atoms with Crippen molar-refractivity contribution in [1.29, 1.82) is 0 Å². The van der Waals surface area contributed by atoms with Crippen molar-refractivity contribution < 1.29 is 0 Å². The first-order valence-electron chi connectivity index (χ1n) is 11.2. The lowest BCUT2D eigenvalue weighted by Gasteiger charge is -2.10. The summed E-state index contributed by atoms with van der Waals surface area (Å²) in [7, 11) is 0. The van der Waals surface area contributed by atoms with Crippen LogP contribution in [0.25, 0.3) is 34.5 Å². The van der Waals surface area contributed by atoms with Gasteiger partial charge in [0.2, 0.25) is 0 Å². The molecule has 0 bridgehead atoms. The number of thiophene rings is 2. The maximum Gasteiger partial charge on any atom is 0.0542 e. The predicted octanol–water partition coefficient (Wildman–Crippen LogP) is 10.2. The third-order valence-electron chi connectivity index (χ3n) is 6.09. The van der Waals surface area contributed by atoms with Crippen molar-refractivity contribution in [3.63, 3.8) is 0 Å². The normalized spacial score (nSPS) is 16.9. The number of rotatable bonds is 8. The topological polar surface area (TPSA) is 0 Å². The lowest BCUT2D eigenvalue weighted by atomic mass is 10.1. The molecule has 4 heteroatoms. The van der Waals surface area contributed by atoms with Crippen molar-refractivity contribution in [3.8, 4) is 0 Å². The maximum absolute atomic E-state index is 4.51. The van der Waals surface area contributed by atoms with Crippen LogP contribution in [-0.4, -0.2) is 5.25 Å². The van der Waals surface area contributed by atoms with E-state index in [4.69, 9.17) is 0 Å². The van der Waals surface area contributed by atoms with Crippen LogP contribution in [-0.2, 0) is 0 Å². The summed E-state index contributed by atoms with van der Waals surface area (Å²) in [5.74, 6) is 0. The van der Waals surface area contributed by atoms with Gasteiger partial charge in [0.15, 0.2) is 0 Å². The average Bonchev–Trinajstić information content (AvgIpc) is 3.43. The third-order valence-corrected chi connectivity index (χ3v) is 10.3. The van der Waals surface area contributed by atoms with Crippen molar-refractivity contribution in [1.82, 2.24) is 0 Å². The van der Waals surface area contributed by atoms with Crippen LogP contribution in [0.3, 0.4) is 0 Å². The smallest absolute Gasteiger partial charge is 0.0542 e. The van der Waals surface area contributed by atoms with E-state index in [2.05, 4.69) is 73.8 Å². The monoisotopic (exact) mass is 468 g/mol. The molecule has 0 fully saturated rings. The van der Waals surface area contributed by atoms with Gasteiger partial charge in [-0.25, -0.2) is 0 Å². The number of fused-ring (bicyclic) bond motifs is 5. The van der Waals surface area contributed by atoms with E-state index >= 15 is 0 Å². The van der Waals surface area contributed by atoms with Gasteiger partial charge in [-0.05, 0) is 36.6 Å². The zero-order valence-corrected chi connectivity index (χ0v) is 20.8. The van der Waals surface area contributed by atoms with E-state index in [1.54, 1.807) is 0 Å². The zero-order valence-electron chi connectivity index (χ0n) is 17.4. The molecule has 1 atom stereocenters. The molecule has 5 rings (SSSR count).